The van der Waals surface area contributed by atoms with Crippen LogP contribution in [0.4, 0.5) is 0 Å². The van der Waals surface area contributed by atoms with Crippen molar-refractivity contribution in [1.82, 2.24) is 10.6 Å². The van der Waals surface area contributed by atoms with Gasteiger partial charge in [0.25, 0.3) is 0 Å². The average molecular weight is 534 g/mol. The summed E-state index contributed by atoms with van der Waals surface area (Å²) in [5.41, 5.74) is 5.59. The summed E-state index contributed by atoms with van der Waals surface area (Å²) in [5.74, 6) is 0.372. The van der Waals surface area contributed by atoms with Crippen molar-refractivity contribution in [2.45, 2.75) is 27.0 Å². The molecule has 4 aromatic rings. The summed E-state index contributed by atoms with van der Waals surface area (Å²) in [6, 6.07) is 30.2. The summed E-state index contributed by atoms with van der Waals surface area (Å²) in [6.45, 7) is 5.20. The molecule has 4 aromatic carbocycles. The average Bonchev–Trinajstić information content (AvgIpc) is 2.97. The molecule has 7 nitrogen and oxygen atoms in total. The van der Waals surface area contributed by atoms with Gasteiger partial charge in [-0.3, -0.25) is 4.79 Å². The number of carbonyl (C=O) groups excluding carboxylic acids is 2. The van der Waals surface area contributed by atoms with Gasteiger partial charge in [-0.15, -0.1) is 0 Å². The molecule has 0 unspecified atom stereocenters. The molecule has 0 heterocycles. The summed E-state index contributed by atoms with van der Waals surface area (Å²) < 4.78 is 11.9. The minimum atomic E-state index is -0.455. The van der Waals surface area contributed by atoms with Crippen LogP contribution in [0.5, 0.6) is 11.5 Å². The molecule has 0 spiro atoms. The normalized spacial score (nSPS) is 10.4. The molecule has 0 aliphatic carbocycles. The summed E-state index contributed by atoms with van der Waals surface area (Å²) in [7, 11) is 0. The lowest BCUT2D eigenvalue weighted by Crippen LogP contribution is -2.30. The van der Waals surface area contributed by atoms with E-state index in [2.05, 4.69) is 16.7 Å². The Morgan fingerprint density at radius 1 is 0.900 bits per heavy atom. The third kappa shape index (κ3) is 7.56. The highest BCUT2D eigenvalue weighted by molar-refractivity contribution is 5.94. The van der Waals surface area contributed by atoms with Crippen molar-refractivity contribution in [3.05, 3.63) is 119 Å². The minimum absolute atomic E-state index is 0.0823. The molecule has 202 valence electrons. The fourth-order valence-electron chi connectivity index (χ4n) is 4.27. The van der Waals surface area contributed by atoms with Gasteiger partial charge < -0.3 is 20.1 Å². The molecule has 0 saturated heterocycles. The maximum atomic E-state index is 13.2. The Labute approximate surface area is 234 Å². The van der Waals surface area contributed by atoms with Gasteiger partial charge in [0.05, 0.1) is 17.2 Å². The highest BCUT2D eigenvalue weighted by atomic mass is 16.5. The maximum absolute atomic E-state index is 13.2. The third-order valence-corrected chi connectivity index (χ3v) is 6.33. The highest BCUT2D eigenvalue weighted by Crippen LogP contribution is 2.29. The summed E-state index contributed by atoms with van der Waals surface area (Å²) in [6.07, 6.45) is 0. The SMILES string of the molecule is CC(=O)NCCNCc1ccc(OC(=O)c2cccc(-c3ccccc3)c2C)cc1OCc1cccc(C#N)c1. The lowest BCUT2D eigenvalue weighted by molar-refractivity contribution is -0.118. The van der Waals surface area contributed by atoms with Crippen LogP contribution in [0.15, 0.2) is 91.0 Å². The Morgan fingerprint density at radius 2 is 1.70 bits per heavy atom. The molecule has 1 amide bonds. The smallest absolute Gasteiger partial charge is 0.343 e. The molecule has 7 heteroatoms. The summed E-state index contributed by atoms with van der Waals surface area (Å²) in [4.78, 5) is 24.3. The van der Waals surface area contributed by atoms with E-state index in [9.17, 15) is 14.9 Å². The van der Waals surface area contributed by atoms with Crippen molar-refractivity contribution in [2.75, 3.05) is 13.1 Å². The third-order valence-electron chi connectivity index (χ3n) is 6.33. The zero-order chi connectivity index (χ0) is 28.3. The van der Waals surface area contributed by atoms with E-state index in [1.54, 1.807) is 30.3 Å². The van der Waals surface area contributed by atoms with Gasteiger partial charge in [-0.1, -0.05) is 60.7 Å². The van der Waals surface area contributed by atoms with Crippen molar-refractivity contribution in [1.29, 1.82) is 5.26 Å². The Kier molecular flexibility index (Phi) is 9.65. The van der Waals surface area contributed by atoms with Crippen molar-refractivity contribution in [2.24, 2.45) is 0 Å². The van der Waals surface area contributed by atoms with Crippen molar-refractivity contribution in [3.8, 4) is 28.7 Å². The van der Waals surface area contributed by atoms with Crippen LogP contribution in [0, 0.1) is 18.3 Å². The topological polar surface area (TPSA) is 100 Å². The molecule has 0 aromatic heterocycles. The molecule has 0 saturated carbocycles. The van der Waals surface area contributed by atoms with Gasteiger partial charge in [-0.2, -0.15) is 5.26 Å². The number of nitriles is 1. The Hall–Kier alpha value is -4.93. The number of ether oxygens (including phenoxy) is 2. The van der Waals surface area contributed by atoms with Crippen molar-refractivity contribution in [3.63, 3.8) is 0 Å². The number of hydrogen-bond donors (Lipinski definition) is 2. The van der Waals surface area contributed by atoms with Gasteiger partial charge in [-0.05, 0) is 53.4 Å². The van der Waals surface area contributed by atoms with E-state index in [4.69, 9.17) is 9.47 Å². The predicted molar refractivity (Wildman–Crippen MR) is 154 cm³/mol. The Bertz CT molecular complexity index is 1530. The van der Waals surface area contributed by atoms with Crippen LogP contribution < -0.4 is 20.1 Å². The first kappa shape index (κ1) is 28.1. The first-order chi connectivity index (χ1) is 19.4. The monoisotopic (exact) mass is 533 g/mol. The van der Waals surface area contributed by atoms with Crippen LogP contribution in [0.2, 0.25) is 0 Å². The quantitative estimate of drug-likeness (QED) is 0.149. The minimum Gasteiger partial charge on any atom is -0.488 e. The number of hydrogen-bond acceptors (Lipinski definition) is 6. The second kappa shape index (κ2) is 13.7. The van der Waals surface area contributed by atoms with E-state index in [0.29, 0.717) is 42.3 Å². The summed E-state index contributed by atoms with van der Waals surface area (Å²) in [5, 5.41) is 15.2. The first-order valence-electron chi connectivity index (χ1n) is 13.0. The van der Waals surface area contributed by atoms with Crippen molar-refractivity contribution >= 4 is 11.9 Å². The fraction of sp³-hybridized carbons (Fsp3) is 0.182. The lowest BCUT2D eigenvalue weighted by atomic mass is 9.96. The number of nitrogens with one attached hydrogen (secondary N) is 2. The molecule has 0 atom stereocenters. The van der Waals surface area contributed by atoms with E-state index >= 15 is 0 Å². The van der Waals surface area contributed by atoms with Crippen LogP contribution in [-0.4, -0.2) is 25.0 Å². The highest BCUT2D eigenvalue weighted by Gasteiger charge is 2.16. The van der Waals surface area contributed by atoms with Gasteiger partial charge in [0.1, 0.15) is 18.1 Å². The number of esters is 1. The molecule has 0 radical (unpaired) electrons. The molecular formula is C33H31N3O4. The second-order valence-electron chi connectivity index (χ2n) is 9.26. The van der Waals surface area contributed by atoms with Gasteiger partial charge in [0.15, 0.2) is 0 Å². The largest absolute Gasteiger partial charge is 0.488 e. The number of rotatable bonds is 11. The second-order valence-corrected chi connectivity index (χ2v) is 9.26. The molecule has 0 aliphatic rings. The van der Waals surface area contributed by atoms with Crippen molar-refractivity contribution < 1.29 is 19.1 Å². The molecule has 0 fully saturated rings. The van der Waals surface area contributed by atoms with Gasteiger partial charge in [0, 0.05) is 38.2 Å². The van der Waals surface area contributed by atoms with E-state index in [1.165, 1.54) is 6.92 Å². The van der Waals surface area contributed by atoms with E-state index in [1.807, 2.05) is 67.6 Å². The number of carbonyl (C=O) groups is 2. The van der Waals surface area contributed by atoms with Gasteiger partial charge >= 0.3 is 5.97 Å². The van der Waals surface area contributed by atoms with Crippen LogP contribution in [0.1, 0.15) is 39.5 Å². The molecule has 4 rings (SSSR count). The van der Waals surface area contributed by atoms with Crippen LogP contribution in [0.25, 0.3) is 11.1 Å². The van der Waals surface area contributed by atoms with Gasteiger partial charge in [0.2, 0.25) is 5.91 Å². The van der Waals surface area contributed by atoms with E-state index in [-0.39, 0.29) is 12.5 Å². The Morgan fingerprint density at radius 3 is 2.48 bits per heavy atom. The van der Waals surface area contributed by atoms with E-state index < -0.39 is 5.97 Å². The van der Waals surface area contributed by atoms with Gasteiger partial charge in [-0.25, -0.2) is 4.79 Å². The fourth-order valence-corrected chi connectivity index (χ4v) is 4.27. The molecule has 0 aliphatic heterocycles. The van der Waals surface area contributed by atoms with Crippen LogP contribution in [0.3, 0.4) is 0 Å². The predicted octanol–water partition coefficient (Wildman–Crippen LogP) is 5.56. The molecule has 0 bridgehead atoms. The first-order valence-corrected chi connectivity index (χ1v) is 13.0. The molecule has 2 N–H and O–H groups in total. The lowest BCUT2D eigenvalue weighted by Gasteiger charge is -2.15. The molecule has 40 heavy (non-hydrogen) atoms. The zero-order valence-corrected chi connectivity index (χ0v) is 22.6. The van der Waals surface area contributed by atoms with E-state index in [0.717, 1.165) is 27.8 Å². The number of benzene rings is 4. The number of amides is 1. The summed E-state index contributed by atoms with van der Waals surface area (Å²) >= 11 is 0. The Balaban J connectivity index is 1.53. The van der Waals surface area contributed by atoms with Crippen LogP contribution >= 0.6 is 0 Å². The standard InChI is InChI=1S/C33H31N3O4/c1-23-30(27-10-4-3-5-11-27)12-7-13-31(23)33(38)40-29-15-14-28(21-35-16-17-36-24(2)37)32(19-29)39-22-26-9-6-8-25(18-26)20-34/h3-15,18-19,35H,16-17,21-22H2,1-2H3,(H,36,37). The number of nitrogens with zero attached hydrogens (tertiary/aromatic N) is 1. The zero-order valence-electron chi connectivity index (χ0n) is 22.6. The van der Waals surface area contributed by atoms with Crippen LogP contribution in [-0.2, 0) is 17.9 Å². The molecular weight excluding hydrogens is 502 g/mol. The maximum Gasteiger partial charge on any atom is 0.343 e.